The molecule has 0 aliphatic heterocycles. The molecule has 3 rings (SSSR count). The van der Waals surface area contributed by atoms with E-state index in [1.54, 1.807) is 18.2 Å². The third-order valence-electron chi connectivity index (χ3n) is 2.50. The van der Waals surface area contributed by atoms with Crippen LogP contribution in [0.2, 0.25) is 0 Å². The van der Waals surface area contributed by atoms with Crippen LogP contribution in [-0.2, 0) is 0 Å². The Morgan fingerprint density at radius 2 is 2.06 bits per heavy atom. The zero-order chi connectivity index (χ0) is 12.0. The summed E-state index contributed by atoms with van der Waals surface area (Å²) < 4.78 is 1.31. The van der Waals surface area contributed by atoms with Gasteiger partial charge >= 0.3 is 5.69 Å². The molecule has 0 spiro atoms. The first-order chi connectivity index (χ1) is 8.20. The number of H-pyrrole nitrogens is 1. The number of nitro groups is 1. The van der Waals surface area contributed by atoms with E-state index in [0.717, 1.165) is 0 Å². The van der Waals surface area contributed by atoms with Crippen molar-refractivity contribution in [3.05, 3.63) is 44.6 Å². The van der Waals surface area contributed by atoms with Crippen LogP contribution in [-0.4, -0.2) is 30.4 Å². The van der Waals surface area contributed by atoms with Crippen LogP contribution in [0.1, 0.15) is 0 Å². The lowest BCUT2D eigenvalue weighted by atomic mass is 10.2. The van der Waals surface area contributed by atoms with Gasteiger partial charge in [-0.1, -0.05) is 17.3 Å². The van der Waals surface area contributed by atoms with Gasteiger partial charge in [-0.2, -0.15) is 5.21 Å². The quantitative estimate of drug-likeness (QED) is 0.464. The minimum Gasteiger partial charge on any atom is -0.412 e. The molecule has 0 aliphatic carbocycles. The fraction of sp³-hybridized carbons (Fsp3) is 0. The van der Waals surface area contributed by atoms with E-state index in [0.29, 0.717) is 5.52 Å². The Kier molecular flexibility index (Phi) is 2.52. The summed E-state index contributed by atoms with van der Waals surface area (Å²) in [5.41, 5.74) is -0.807. The van der Waals surface area contributed by atoms with Crippen molar-refractivity contribution >= 4 is 22.2 Å². The Hall–Kier alpha value is -2.81. The first-order valence-electron chi connectivity index (χ1n) is 4.69. The summed E-state index contributed by atoms with van der Waals surface area (Å²) in [5.74, 6) is 0. The Bertz CT molecular complexity index is 805. The molecular formula is C9H7N5O4. The number of tetrazole rings is 1. The number of hydrogen-bond acceptors (Lipinski definition) is 5. The number of fused-ring (bicyclic) bond motifs is 3. The predicted octanol–water partition coefficient (Wildman–Crippen LogP) is -0.346. The molecule has 0 saturated carbocycles. The fourth-order valence-corrected chi connectivity index (χ4v) is 1.78. The van der Waals surface area contributed by atoms with Crippen LogP contribution in [0.3, 0.4) is 0 Å². The van der Waals surface area contributed by atoms with E-state index in [1.807, 2.05) is 0 Å². The Morgan fingerprint density at radius 1 is 1.33 bits per heavy atom. The summed E-state index contributed by atoms with van der Waals surface area (Å²) in [6.45, 7) is 0. The number of nitrogens with one attached hydrogen (secondary N) is 1. The van der Waals surface area contributed by atoms with Crippen molar-refractivity contribution in [2.24, 2.45) is 0 Å². The Morgan fingerprint density at radius 3 is 2.78 bits per heavy atom. The lowest BCUT2D eigenvalue weighted by molar-refractivity contribution is -0.384. The second-order valence-electron chi connectivity index (χ2n) is 3.41. The monoisotopic (exact) mass is 249 g/mol. The Labute approximate surface area is 98.1 Å². The van der Waals surface area contributed by atoms with Gasteiger partial charge in [-0.05, 0) is 12.1 Å². The van der Waals surface area contributed by atoms with E-state index in [-0.39, 0.29) is 16.5 Å². The van der Waals surface area contributed by atoms with E-state index < -0.39 is 16.0 Å². The highest BCUT2D eigenvalue weighted by atomic mass is 16.6. The zero-order valence-corrected chi connectivity index (χ0v) is 8.82. The molecule has 18 heavy (non-hydrogen) atoms. The number of aromatic nitrogens is 4. The molecule has 2 aromatic heterocycles. The second-order valence-corrected chi connectivity index (χ2v) is 3.41. The molecule has 3 N–H and O–H groups in total. The van der Waals surface area contributed by atoms with Crippen LogP contribution in [0.25, 0.3) is 16.6 Å². The topological polar surface area (TPSA) is 138 Å². The fourth-order valence-electron chi connectivity index (χ4n) is 1.78. The first kappa shape index (κ1) is 11.7. The molecule has 2 heterocycles. The number of nitrogens with zero attached hydrogens (tertiary/aromatic N) is 4. The summed E-state index contributed by atoms with van der Waals surface area (Å²) in [7, 11) is 0. The van der Waals surface area contributed by atoms with E-state index >= 15 is 0 Å². The van der Waals surface area contributed by atoms with E-state index in [2.05, 4.69) is 15.5 Å². The van der Waals surface area contributed by atoms with Crippen LogP contribution >= 0.6 is 0 Å². The zero-order valence-electron chi connectivity index (χ0n) is 8.82. The standard InChI is InChI=1S/C9H5N5O3.H2O/c15-8-5-3-1-2-4-6(5)13-9(10-11-12-13)7(8)14(16)17;/h1-4H,(H,10,12);1H2. The summed E-state index contributed by atoms with van der Waals surface area (Å²) in [4.78, 5) is 22.1. The number of aromatic amines is 1. The van der Waals surface area contributed by atoms with Crippen molar-refractivity contribution in [3.8, 4) is 0 Å². The Balaban J connectivity index is 0.00000120. The maximum atomic E-state index is 11.9. The number of pyridine rings is 1. The van der Waals surface area contributed by atoms with Gasteiger partial charge in [0, 0.05) is 0 Å². The van der Waals surface area contributed by atoms with Gasteiger partial charge in [0.1, 0.15) is 0 Å². The van der Waals surface area contributed by atoms with E-state index in [9.17, 15) is 14.9 Å². The molecule has 3 aromatic rings. The van der Waals surface area contributed by atoms with Crippen LogP contribution in [0.15, 0.2) is 29.1 Å². The van der Waals surface area contributed by atoms with Crippen molar-refractivity contribution in [2.75, 3.05) is 0 Å². The van der Waals surface area contributed by atoms with Gasteiger partial charge in [0.2, 0.25) is 0 Å². The van der Waals surface area contributed by atoms with Gasteiger partial charge in [0.25, 0.3) is 11.1 Å². The van der Waals surface area contributed by atoms with Gasteiger partial charge in [-0.25, -0.2) is 4.52 Å². The largest absolute Gasteiger partial charge is 0.412 e. The van der Waals surface area contributed by atoms with Gasteiger partial charge in [-0.15, -0.1) is 5.10 Å². The molecule has 1 aromatic carbocycles. The lowest BCUT2D eigenvalue weighted by Crippen LogP contribution is -2.12. The molecule has 9 nitrogen and oxygen atoms in total. The van der Waals surface area contributed by atoms with Crippen molar-refractivity contribution in [1.82, 2.24) is 20.0 Å². The molecule has 9 heteroatoms. The molecule has 0 bridgehead atoms. The van der Waals surface area contributed by atoms with Crippen LogP contribution < -0.4 is 5.43 Å². The first-order valence-corrected chi connectivity index (χ1v) is 4.69. The maximum Gasteiger partial charge on any atom is 0.363 e. The molecule has 92 valence electrons. The average molecular weight is 249 g/mol. The highest BCUT2D eigenvalue weighted by Crippen LogP contribution is 2.18. The number of rotatable bonds is 1. The highest BCUT2D eigenvalue weighted by Gasteiger charge is 2.23. The number of para-hydroxylation sites is 1. The maximum absolute atomic E-state index is 11.9. The third-order valence-corrected chi connectivity index (χ3v) is 2.50. The van der Waals surface area contributed by atoms with E-state index in [1.165, 1.54) is 10.6 Å². The van der Waals surface area contributed by atoms with Crippen molar-refractivity contribution in [2.45, 2.75) is 0 Å². The predicted molar refractivity (Wildman–Crippen MR) is 61.4 cm³/mol. The molecule has 0 fully saturated rings. The van der Waals surface area contributed by atoms with Crippen LogP contribution in [0.4, 0.5) is 5.69 Å². The van der Waals surface area contributed by atoms with Crippen LogP contribution in [0, 0.1) is 10.1 Å². The summed E-state index contributed by atoms with van der Waals surface area (Å²) in [6, 6.07) is 6.55. The van der Waals surface area contributed by atoms with Gasteiger partial charge < -0.3 is 5.48 Å². The summed E-state index contributed by atoms with van der Waals surface area (Å²) in [6.07, 6.45) is 0. The lowest BCUT2D eigenvalue weighted by Gasteiger charge is -1.99. The highest BCUT2D eigenvalue weighted by molar-refractivity contribution is 5.85. The van der Waals surface area contributed by atoms with Gasteiger partial charge in [0.05, 0.1) is 15.8 Å². The third kappa shape index (κ3) is 1.34. The normalized spacial score (nSPS) is 10.4. The minimum absolute atomic E-state index is 0. The van der Waals surface area contributed by atoms with Gasteiger partial charge in [0.15, 0.2) is 0 Å². The molecule has 0 aliphatic rings. The summed E-state index contributed by atoms with van der Waals surface area (Å²) >= 11 is 0. The SMILES string of the molecule is O.O=c1c([N+](=O)[O-])c2nn[nH]n2c2ccccc12. The van der Waals surface area contributed by atoms with Gasteiger partial charge in [-0.3, -0.25) is 14.9 Å². The van der Waals surface area contributed by atoms with Crippen molar-refractivity contribution < 1.29 is 10.4 Å². The average Bonchev–Trinajstić information content (AvgIpc) is 2.78. The molecule has 0 atom stereocenters. The van der Waals surface area contributed by atoms with E-state index in [4.69, 9.17) is 0 Å². The number of benzene rings is 1. The molecule has 0 saturated heterocycles. The molecular weight excluding hydrogens is 242 g/mol. The second kappa shape index (κ2) is 3.89. The minimum atomic E-state index is -0.743. The molecule has 0 radical (unpaired) electrons. The molecule has 0 amide bonds. The smallest absolute Gasteiger partial charge is 0.363 e. The van der Waals surface area contributed by atoms with Crippen molar-refractivity contribution in [3.63, 3.8) is 0 Å². The number of hydrogen-bond donors (Lipinski definition) is 1. The summed E-state index contributed by atoms with van der Waals surface area (Å²) in [5, 5.41) is 20.7. The molecule has 0 unspecified atom stereocenters. The van der Waals surface area contributed by atoms with Crippen molar-refractivity contribution in [1.29, 1.82) is 0 Å². The van der Waals surface area contributed by atoms with Crippen LogP contribution in [0.5, 0.6) is 0 Å².